The summed E-state index contributed by atoms with van der Waals surface area (Å²) in [6.45, 7) is 5.55. The largest absolute Gasteiger partial charge is 0.497 e. The molecule has 2 aliphatic rings. The fourth-order valence-corrected chi connectivity index (χ4v) is 4.36. The van der Waals surface area contributed by atoms with Crippen molar-refractivity contribution in [1.82, 2.24) is 4.90 Å². The lowest BCUT2D eigenvalue weighted by Crippen LogP contribution is -2.47. The first-order chi connectivity index (χ1) is 13.6. The van der Waals surface area contributed by atoms with Gasteiger partial charge in [0.15, 0.2) is 5.17 Å². The number of piperazine rings is 1. The first kappa shape index (κ1) is 18.6. The number of hydrogen-bond acceptors (Lipinski definition) is 5. The number of amides is 1. The van der Waals surface area contributed by atoms with E-state index in [9.17, 15) is 4.79 Å². The lowest BCUT2D eigenvalue weighted by atomic mass is 10.1. The Bertz CT molecular complexity index is 929. The minimum atomic E-state index is -0.140. The number of amidine groups is 1. The Labute approximate surface area is 169 Å². The summed E-state index contributed by atoms with van der Waals surface area (Å²) in [6.07, 6.45) is 1.93. The minimum absolute atomic E-state index is 0.140. The molecule has 28 heavy (non-hydrogen) atoms. The summed E-state index contributed by atoms with van der Waals surface area (Å²) >= 11 is 1.48. The number of nitrogens with zero attached hydrogens (tertiary/aromatic N) is 3. The molecule has 1 amide bonds. The smallest absolute Gasteiger partial charge is 0.286 e. The molecule has 0 aliphatic carbocycles. The maximum absolute atomic E-state index is 12.3. The van der Waals surface area contributed by atoms with Gasteiger partial charge in [-0.15, -0.1) is 0 Å². The van der Waals surface area contributed by atoms with Gasteiger partial charge in [-0.2, -0.15) is 4.99 Å². The van der Waals surface area contributed by atoms with Crippen molar-refractivity contribution in [2.75, 3.05) is 38.2 Å². The van der Waals surface area contributed by atoms with Gasteiger partial charge in [-0.05, 0) is 54.6 Å². The lowest BCUT2D eigenvalue weighted by Gasteiger charge is -2.36. The Balaban J connectivity index is 1.38. The van der Waals surface area contributed by atoms with Crippen LogP contribution in [0, 0.1) is 6.92 Å². The van der Waals surface area contributed by atoms with Crippen LogP contribution in [0.1, 0.15) is 11.1 Å². The van der Waals surface area contributed by atoms with Crippen LogP contribution < -0.4 is 9.64 Å². The second kappa shape index (κ2) is 8.10. The second-order valence-corrected chi connectivity index (χ2v) is 7.91. The van der Waals surface area contributed by atoms with Gasteiger partial charge >= 0.3 is 0 Å². The molecule has 0 N–H and O–H groups in total. The monoisotopic (exact) mass is 393 g/mol. The van der Waals surface area contributed by atoms with Crippen molar-refractivity contribution >= 4 is 34.6 Å². The van der Waals surface area contributed by atoms with Crippen molar-refractivity contribution in [3.63, 3.8) is 0 Å². The average Bonchev–Trinajstić information content (AvgIpc) is 3.08. The van der Waals surface area contributed by atoms with E-state index in [2.05, 4.69) is 46.0 Å². The first-order valence-electron chi connectivity index (χ1n) is 9.35. The molecular formula is C22H23N3O2S. The van der Waals surface area contributed by atoms with Gasteiger partial charge in [-0.1, -0.05) is 29.8 Å². The molecule has 144 valence electrons. The van der Waals surface area contributed by atoms with Crippen LogP contribution in [0.15, 0.2) is 58.4 Å². The maximum atomic E-state index is 12.3. The van der Waals surface area contributed by atoms with Crippen LogP contribution in [0.5, 0.6) is 5.75 Å². The van der Waals surface area contributed by atoms with Crippen molar-refractivity contribution in [2.24, 2.45) is 4.99 Å². The predicted octanol–water partition coefficient (Wildman–Crippen LogP) is 3.80. The highest BCUT2D eigenvalue weighted by atomic mass is 32.2. The molecule has 0 spiro atoms. The fourth-order valence-electron chi connectivity index (χ4n) is 3.39. The molecule has 2 aromatic carbocycles. The van der Waals surface area contributed by atoms with Crippen LogP contribution in [0.2, 0.25) is 0 Å². The number of hydrogen-bond donors (Lipinski definition) is 0. The van der Waals surface area contributed by atoms with Crippen molar-refractivity contribution in [2.45, 2.75) is 6.92 Å². The zero-order chi connectivity index (χ0) is 19.5. The Hall–Kier alpha value is -2.73. The third-order valence-electron chi connectivity index (χ3n) is 4.94. The number of ether oxygens (including phenoxy) is 1. The number of anilines is 1. The Morgan fingerprint density at radius 2 is 1.75 bits per heavy atom. The van der Waals surface area contributed by atoms with E-state index in [1.54, 1.807) is 7.11 Å². The highest BCUT2D eigenvalue weighted by Crippen LogP contribution is 2.31. The van der Waals surface area contributed by atoms with Crippen molar-refractivity contribution in [3.05, 3.63) is 64.6 Å². The summed E-state index contributed by atoms with van der Waals surface area (Å²) in [5, 5.41) is 0.818. The van der Waals surface area contributed by atoms with Gasteiger partial charge in [-0.3, -0.25) is 4.79 Å². The molecule has 2 aliphatic heterocycles. The number of carbonyl (C=O) groups is 1. The minimum Gasteiger partial charge on any atom is -0.497 e. The number of carbonyl (C=O) groups excluding carboxylic acids is 1. The second-order valence-electron chi connectivity index (χ2n) is 6.90. The van der Waals surface area contributed by atoms with Crippen LogP contribution in [-0.4, -0.2) is 49.3 Å². The Morgan fingerprint density at radius 3 is 2.43 bits per heavy atom. The molecule has 0 saturated carbocycles. The predicted molar refractivity (Wildman–Crippen MR) is 116 cm³/mol. The van der Waals surface area contributed by atoms with Gasteiger partial charge in [-0.25, -0.2) is 0 Å². The zero-order valence-corrected chi connectivity index (χ0v) is 16.9. The van der Waals surface area contributed by atoms with Crippen LogP contribution in [-0.2, 0) is 4.79 Å². The van der Waals surface area contributed by atoms with E-state index in [1.807, 2.05) is 30.3 Å². The molecule has 6 heteroatoms. The van der Waals surface area contributed by atoms with Gasteiger partial charge in [0, 0.05) is 31.9 Å². The third-order valence-corrected chi connectivity index (χ3v) is 5.98. The fraction of sp³-hybridized carbons (Fsp3) is 0.273. The number of rotatable bonds is 3. The summed E-state index contributed by atoms with van der Waals surface area (Å²) in [6, 6.07) is 16.3. The average molecular weight is 394 g/mol. The standard InChI is InChI=1S/C22H23N3O2S/c1-16-4-3-5-17(14-16)15-20-21(26)23-22(28-20)25-12-10-24(11-13-25)18-6-8-19(27-2)9-7-18/h3-9,14-15H,10-13H2,1-2H3/b20-15-. The molecule has 0 unspecified atom stereocenters. The van der Waals surface area contributed by atoms with Gasteiger partial charge in [0.1, 0.15) is 5.75 Å². The molecule has 1 fully saturated rings. The third kappa shape index (κ3) is 4.07. The normalized spacial score (nSPS) is 18.6. The van der Waals surface area contributed by atoms with E-state index in [0.29, 0.717) is 4.91 Å². The van der Waals surface area contributed by atoms with Crippen molar-refractivity contribution in [3.8, 4) is 5.75 Å². The van der Waals surface area contributed by atoms with E-state index >= 15 is 0 Å². The summed E-state index contributed by atoms with van der Waals surface area (Å²) in [7, 11) is 1.68. The van der Waals surface area contributed by atoms with Crippen LogP contribution >= 0.6 is 11.8 Å². The number of methoxy groups -OCH3 is 1. The number of benzene rings is 2. The van der Waals surface area contributed by atoms with Gasteiger partial charge in [0.2, 0.25) is 0 Å². The highest BCUT2D eigenvalue weighted by Gasteiger charge is 2.28. The molecule has 0 bridgehead atoms. The molecule has 0 aromatic heterocycles. The summed E-state index contributed by atoms with van der Waals surface area (Å²) < 4.78 is 5.23. The SMILES string of the molecule is COc1ccc(N2CCN(C3=NC(=O)/C(=C/c4cccc(C)c4)S3)CC2)cc1. The number of thioether (sulfide) groups is 1. The van der Waals surface area contributed by atoms with E-state index in [0.717, 1.165) is 42.7 Å². The first-order valence-corrected chi connectivity index (χ1v) is 10.2. The molecule has 2 aromatic rings. The molecule has 0 atom stereocenters. The molecule has 2 heterocycles. The Morgan fingerprint density at radius 1 is 1.04 bits per heavy atom. The quantitative estimate of drug-likeness (QED) is 0.743. The van der Waals surface area contributed by atoms with E-state index in [4.69, 9.17) is 4.74 Å². The zero-order valence-electron chi connectivity index (χ0n) is 16.1. The summed E-state index contributed by atoms with van der Waals surface area (Å²) in [5.74, 6) is 0.727. The van der Waals surface area contributed by atoms with Gasteiger partial charge in [0.25, 0.3) is 5.91 Å². The Kier molecular flexibility index (Phi) is 5.39. The summed E-state index contributed by atoms with van der Waals surface area (Å²) in [5.41, 5.74) is 3.41. The van der Waals surface area contributed by atoms with Gasteiger partial charge in [0.05, 0.1) is 12.0 Å². The van der Waals surface area contributed by atoms with Crippen molar-refractivity contribution < 1.29 is 9.53 Å². The lowest BCUT2D eigenvalue weighted by molar-refractivity contribution is -0.113. The van der Waals surface area contributed by atoms with E-state index in [1.165, 1.54) is 23.0 Å². The number of aliphatic imine (C=N–C) groups is 1. The number of aryl methyl sites for hydroxylation is 1. The molecule has 0 radical (unpaired) electrons. The van der Waals surface area contributed by atoms with E-state index in [-0.39, 0.29) is 5.91 Å². The van der Waals surface area contributed by atoms with Crippen LogP contribution in [0.25, 0.3) is 6.08 Å². The molecule has 5 nitrogen and oxygen atoms in total. The maximum Gasteiger partial charge on any atom is 0.286 e. The van der Waals surface area contributed by atoms with E-state index < -0.39 is 0 Å². The highest BCUT2D eigenvalue weighted by molar-refractivity contribution is 8.18. The van der Waals surface area contributed by atoms with Gasteiger partial charge < -0.3 is 14.5 Å². The molecule has 1 saturated heterocycles. The summed E-state index contributed by atoms with van der Waals surface area (Å²) in [4.78, 5) is 21.9. The van der Waals surface area contributed by atoms with Crippen molar-refractivity contribution in [1.29, 1.82) is 0 Å². The molecule has 4 rings (SSSR count). The van der Waals surface area contributed by atoms with Crippen LogP contribution in [0.3, 0.4) is 0 Å². The topological polar surface area (TPSA) is 45.1 Å². The van der Waals surface area contributed by atoms with Crippen LogP contribution in [0.4, 0.5) is 5.69 Å². The molecular weight excluding hydrogens is 370 g/mol.